The van der Waals surface area contributed by atoms with E-state index in [0.717, 1.165) is 5.69 Å². The number of hydrogen-bond donors (Lipinski definition) is 1. The second kappa shape index (κ2) is 5.48. The van der Waals surface area contributed by atoms with E-state index in [9.17, 15) is 14.3 Å². The number of pyridine rings is 1. The molecule has 1 N–H and O–H groups in total. The topological polar surface area (TPSA) is 53.4 Å². The number of carboxylic acids is 1. The van der Waals surface area contributed by atoms with Crippen molar-refractivity contribution in [2.45, 2.75) is 6.92 Å². The highest BCUT2D eigenvalue weighted by Crippen LogP contribution is 2.27. The Kier molecular flexibility index (Phi) is 3.75. The third-order valence-electron chi connectivity index (χ3n) is 2.78. The van der Waals surface area contributed by atoms with E-state index >= 15 is 0 Å². The Morgan fingerprint density at radius 2 is 2.00 bits per heavy atom. The summed E-state index contributed by atoms with van der Waals surface area (Å²) >= 11 is 0. The molecule has 0 saturated carbocycles. The molecule has 0 aliphatic heterocycles. The van der Waals surface area contributed by atoms with E-state index in [2.05, 4.69) is 4.98 Å². The fourth-order valence-electron chi connectivity index (χ4n) is 1.90. The van der Waals surface area contributed by atoms with Gasteiger partial charge < -0.3 is 10.0 Å². The summed E-state index contributed by atoms with van der Waals surface area (Å²) in [4.78, 5) is 16.9. The zero-order valence-electron chi connectivity index (χ0n) is 10.4. The lowest BCUT2D eigenvalue weighted by Gasteiger charge is -2.24. The van der Waals surface area contributed by atoms with Crippen LogP contribution in [0.3, 0.4) is 0 Å². The van der Waals surface area contributed by atoms with Crippen molar-refractivity contribution in [3.05, 3.63) is 54.1 Å². The van der Waals surface area contributed by atoms with E-state index in [1.54, 1.807) is 17.0 Å². The van der Waals surface area contributed by atoms with Gasteiger partial charge in [-0.1, -0.05) is 0 Å². The number of nitrogens with zero attached hydrogens (tertiary/aromatic N) is 2. The van der Waals surface area contributed by atoms with Gasteiger partial charge in [-0.25, -0.2) is 9.18 Å². The van der Waals surface area contributed by atoms with E-state index in [4.69, 9.17) is 0 Å². The normalized spacial score (nSPS) is 10.2. The fraction of sp³-hybridized carbons (Fsp3) is 0.143. The third kappa shape index (κ3) is 2.70. The Bertz CT molecular complexity index is 584. The smallest absolute Gasteiger partial charge is 0.337 e. The summed E-state index contributed by atoms with van der Waals surface area (Å²) < 4.78 is 12.9. The molecular formula is C14H13FN2O2. The first-order chi connectivity index (χ1) is 9.13. The van der Waals surface area contributed by atoms with Crippen LogP contribution in [-0.2, 0) is 0 Å². The van der Waals surface area contributed by atoms with E-state index in [0.29, 0.717) is 12.2 Å². The first kappa shape index (κ1) is 13.0. The molecule has 0 amide bonds. The number of hydrogen-bond acceptors (Lipinski definition) is 3. The van der Waals surface area contributed by atoms with Gasteiger partial charge in [-0.3, -0.25) is 4.98 Å². The van der Waals surface area contributed by atoms with Crippen molar-refractivity contribution in [1.29, 1.82) is 0 Å². The van der Waals surface area contributed by atoms with Gasteiger partial charge in [-0.05, 0) is 37.3 Å². The molecule has 1 heterocycles. The Hall–Kier alpha value is -2.43. The monoisotopic (exact) mass is 260 g/mol. The molecule has 1 aromatic carbocycles. The molecule has 19 heavy (non-hydrogen) atoms. The maximum atomic E-state index is 12.9. The molecule has 0 radical (unpaired) electrons. The first-order valence-corrected chi connectivity index (χ1v) is 5.84. The fourth-order valence-corrected chi connectivity index (χ4v) is 1.90. The van der Waals surface area contributed by atoms with Gasteiger partial charge in [0.05, 0.1) is 17.4 Å². The maximum absolute atomic E-state index is 12.9. The summed E-state index contributed by atoms with van der Waals surface area (Å²) in [7, 11) is 0. The van der Waals surface area contributed by atoms with E-state index in [-0.39, 0.29) is 11.4 Å². The van der Waals surface area contributed by atoms with Crippen LogP contribution in [0.1, 0.15) is 17.3 Å². The lowest BCUT2D eigenvalue weighted by molar-refractivity contribution is 0.0697. The van der Waals surface area contributed by atoms with Gasteiger partial charge in [0.15, 0.2) is 0 Å². The minimum Gasteiger partial charge on any atom is -0.478 e. The minimum atomic E-state index is -1.02. The van der Waals surface area contributed by atoms with Crippen molar-refractivity contribution in [2.24, 2.45) is 0 Å². The van der Waals surface area contributed by atoms with Crippen LogP contribution in [0.2, 0.25) is 0 Å². The minimum absolute atomic E-state index is 0.168. The molecule has 1 aromatic heterocycles. The van der Waals surface area contributed by atoms with E-state index in [1.165, 1.54) is 30.6 Å². The second-order valence-electron chi connectivity index (χ2n) is 3.92. The third-order valence-corrected chi connectivity index (χ3v) is 2.78. The molecule has 2 aromatic rings. The number of benzene rings is 1. The first-order valence-electron chi connectivity index (χ1n) is 5.84. The highest BCUT2D eigenvalue weighted by Gasteiger charge is 2.16. The summed E-state index contributed by atoms with van der Waals surface area (Å²) in [5.41, 5.74) is 1.38. The van der Waals surface area contributed by atoms with Crippen LogP contribution in [0.15, 0.2) is 42.7 Å². The highest BCUT2D eigenvalue weighted by molar-refractivity contribution is 5.95. The molecule has 4 nitrogen and oxygen atoms in total. The van der Waals surface area contributed by atoms with Gasteiger partial charge in [0, 0.05) is 18.4 Å². The molecule has 5 heteroatoms. The van der Waals surface area contributed by atoms with Gasteiger partial charge in [0.1, 0.15) is 5.82 Å². The Morgan fingerprint density at radius 3 is 2.58 bits per heavy atom. The lowest BCUT2D eigenvalue weighted by Crippen LogP contribution is -2.19. The quantitative estimate of drug-likeness (QED) is 0.917. The Labute approximate surface area is 110 Å². The van der Waals surface area contributed by atoms with Gasteiger partial charge in [0.2, 0.25) is 0 Å². The van der Waals surface area contributed by atoms with Crippen LogP contribution in [0, 0.1) is 5.82 Å². The van der Waals surface area contributed by atoms with Crippen LogP contribution >= 0.6 is 0 Å². The van der Waals surface area contributed by atoms with Gasteiger partial charge in [-0.15, -0.1) is 0 Å². The molecule has 0 spiro atoms. The largest absolute Gasteiger partial charge is 0.478 e. The Morgan fingerprint density at radius 1 is 1.32 bits per heavy atom. The van der Waals surface area contributed by atoms with Crippen molar-refractivity contribution in [1.82, 2.24) is 4.98 Å². The van der Waals surface area contributed by atoms with Crippen LogP contribution in [0.4, 0.5) is 15.8 Å². The van der Waals surface area contributed by atoms with Gasteiger partial charge in [0.25, 0.3) is 0 Å². The van der Waals surface area contributed by atoms with Crippen LogP contribution in [0.25, 0.3) is 0 Å². The number of aromatic nitrogens is 1. The molecule has 98 valence electrons. The molecule has 0 atom stereocenters. The zero-order chi connectivity index (χ0) is 13.8. The molecule has 0 fully saturated rings. The highest BCUT2D eigenvalue weighted by atomic mass is 19.1. The molecular weight excluding hydrogens is 247 g/mol. The van der Waals surface area contributed by atoms with Gasteiger partial charge >= 0.3 is 5.97 Å². The second-order valence-corrected chi connectivity index (χ2v) is 3.92. The van der Waals surface area contributed by atoms with Gasteiger partial charge in [-0.2, -0.15) is 0 Å². The zero-order valence-corrected chi connectivity index (χ0v) is 10.4. The lowest BCUT2D eigenvalue weighted by atomic mass is 10.2. The summed E-state index contributed by atoms with van der Waals surface area (Å²) in [5, 5.41) is 9.19. The Balaban J connectivity index is 2.48. The predicted octanol–water partition coefficient (Wildman–Crippen LogP) is 3.08. The van der Waals surface area contributed by atoms with Crippen molar-refractivity contribution >= 4 is 17.3 Å². The standard InChI is InChI=1S/C14H13FN2O2/c1-2-17(11-5-3-10(15)4-6-11)13-9-16-8-7-12(13)14(18)19/h3-9H,2H2,1H3,(H,18,19). The average Bonchev–Trinajstić information content (AvgIpc) is 2.42. The predicted molar refractivity (Wildman–Crippen MR) is 70.3 cm³/mol. The molecule has 0 unspecified atom stereocenters. The number of carbonyl (C=O) groups is 1. The molecule has 0 aliphatic rings. The average molecular weight is 260 g/mol. The van der Waals surface area contributed by atoms with Crippen molar-refractivity contribution in [2.75, 3.05) is 11.4 Å². The summed E-state index contributed by atoms with van der Waals surface area (Å²) in [5.74, 6) is -1.34. The molecule has 0 aliphatic carbocycles. The maximum Gasteiger partial charge on any atom is 0.337 e. The van der Waals surface area contributed by atoms with Crippen molar-refractivity contribution in [3.8, 4) is 0 Å². The summed E-state index contributed by atoms with van der Waals surface area (Å²) in [6, 6.07) is 7.35. The number of halogens is 1. The summed E-state index contributed by atoms with van der Waals surface area (Å²) in [6.45, 7) is 2.44. The van der Waals surface area contributed by atoms with Crippen LogP contribution < -0.4 is 4.90 Å². The molecule has 0 saturated heterocycles. The number of rotatable bonds is 4. The van der Waals surface area contributed by atoms with Crippen molar-refractivity contribution < 1.29 is 14.3 Å². The molecule has 2 rings (SSSR count). The van der Waals surface area contributed by atoms with E-state index < -0.39 is 5.97 Å². The SMILES string of the molecule is CCN(c1ccc(F)cc1)c1cnccc1C(=O)O. The van der Waals surface area contributed by atoms with E-state index in [1.807, 2.05) is 6.92 Å². The molecule has 0 bridgehead atoms. The number of aromatic carboxylic acids is 1. The number of anilines is 2. The van der Waals surface area contributed by atoms with Crippen molar-refractivity contribution in [3.63, 3.8) is 0 Å². The summed E-state index contributed by atoms with van der Waals surface area (Å²) in [6.07, 6.45) is 2.93. The van der Waals surface area contributed by atoms with Crippen LogP contribution in [0.5, 0.6) is 0 Å². The van der Waals surface area contributed by atoms with Crippen LogP contribution in [-0.4, -0.2) is 22.6 Å². The number of carboxylic acid groups (broad SMARTS) is 1.